The molecule has 0 unspecified atom stereocenters. The first-order chi connectivity index (χ1) is 5.54. The molecule has 5 nitrogen and oxygen atoms in total. The van der Waals surface area contributed by atoms with E-state index in [0.29, 0.717) is 0 Å². The average Bonchev–Trinajstić information content (AvgIpc) is 2.08. The summed E-state index contributed by atoms with van der Waals surface area (Å²) in [6.45, 7) is 1.43. The number of carbonyl (C=O) groups is 1. The fourth-order valence-corrected chi connectivity index (χ4v) is 2.56. The van der Waals surface area contributed by atoms with Gasteiger partial charge in [0.05, 0.1) is 0 Å². The van der Waals surface area contributed by atoms with Crippen molar-refractivity contribution in [2.24, 2.45) is 0 Å². The van der Waals surface area contributed by atoms with E-state index in [0.717, 1.165) is 0 Å². The minimum Gasteiger partial charge on any atom is -0.360 e. The van der Waals surface area contributed by atoms with Crippen molar-refractivity contribution >= 4 is 14.9 Å². The Kier molecular flexibility index (Phi) is 4.39. The zero-order valence-corrected chi connectivity index (χ0v) is 9.08. The predicted molar refractivity (Wildman–Crippen MR) is 45.2 cm³/mol. The van der Waals surface area contributed by atoms with E-state index in [4.69, 9.17) is 13.3 Å². The molecule has 0 rings (SSSR count). The van der Waals surface area contributed by atoms with Crippen molar-refractivity contribution in [3.05, 3.63) is 0 Å². The van der Waals surface area contributed by atoms with Crippen LogP contribution in [0.5, 0.6) is 0 Å². The summed E-state index contributed by atoms with van der Waals surface area (Å²) in [4.78, 5) is 11.0. The van der Waals surface area contributed by atoms with Gasteiger partial charge in [0.25, 0.3) is 0 Å². The lowest BCUT2D eigenvalue weighted by atomic mass is 10.7. The van der Waals surface area contributed by atoms with Gasteiger partial charge in [0.15, 0.2) is 0 Å². The van der Waals surface area contributed by atoms with Crippen molar-refractivity contribution in [3.63, 3.8) is 0 Å². The topological polar surface area (TPSA) is 48.0 Å². The van der Waals surface area contributed by atoms with Crippen molar-refractivity contribution in [2.75, 3.05) is 28.4 Å². The molecule has 6 heteroatoms. The fraction of sp³-hybridized carbons (Fsp3) is 0.833. The SMILES string of the molecule is CO[Si](OC)(OC)N(C)C(C)=O. The van der Waals surface area contributed by atoms with Crippen LogP contribution in [0.2, 0.25) is 0 Å². The molecule has 0 aromatic carbocycles. The third-order valence-electron chi connectivity index (χ3n) is 1.66. The van der Waals surface area contributed by atoms with E-state index >= 15 is 0 Å². The van der Waals surface area contributed by atoms with Crippen LogP contribution < -0.4 is 0 Å². The Balaban J connectivity index is 4.58. The van der Waals surface area contributed by atoms with Crippen molar-refractivity contribution < 1.29 is 18.1 Å². The van der Waals surface area contributed by atoms with E-state index < -0.39 is 8.97 Å². The first-order valence-corrected chi connectivity index (χ1v) is 5.11. The van der Waals surface area contributed by atoms with Gasteiger partial charge < -0.3 is 17.8 Å². The lowest BCUT2D eigenvalue weighted by Gasteiger charge is -2.31. The second-order valence-corrected chi connectivity index (χ2v) is 5.16. The standard InChI is InChI=1S/C6H15NO4Si/c1-6(8)7(2)12(9-3,10-4)11-5/h1-5H3. The van der Waals surface area contributed by atoms with E-state index in [9.17, 15) is 4.79 Å². The summed E-state index contributed by atoms with van der Waals surface area (Å²) in [5, 5.41) is 0. The quantitative estimate of drug-likeness (QED) is 0.582. The highest BCUT2D eigenvalue weighted by molar-refractivity contribution is 6.60. The summed E-state index contributed by atoms with van der Waals surface area (Å²) in [5.41, 5.74) is 0. The van der Waals surface area contributed by atoms with Gasteiger partial charge in [-0.2, -0.15) is 0 Å². The molecule has 0 radical (unpaired) electrons. The first-order valence-electron chi connectivity index (χ1n) is 3.44. The molecule has 0 heterocycles. The monoisotopic (exact) mass is 193 g/mol. The molecule has 12 heavy (non-hydrogen) atoms. The van der Waals surface area contributed by atoms with E-state index in [1.54, 1.807) is 7.05 Å². The maximum Gasteiger partial charge on any atom is 0.634 e. The van der Waals surface area contributed by atoms with Crippen LogP contribution >= 0.6 is 0 Å². The molecule has 0 aliphatic heterocycles. The Morgan fingerprint density at radius 2 is 1.50 bits per heavy atom. The lowest BCUT2D eigenvalue weighted by Crippen LogP contribution is -2.59. The summed E-state index contributed by atoms with van der Waals surface area (Å²) in [6, 6.07) is 0. The molecule has 0 aliphatic rings. The summed E-state index contributed by atoms with van der Waals surface area (Å²) < 4.78 is 16.5. The van der Waals surface area contributed by atoms with Gasteiger partial charge in [-0.3, -0.25) is 4.79 Å². The second-order valence-electron chi connectivity index (χ2n) is 2.21. The lowest BCUT2D eigenvalue weighted by molar-refractivity contribution is -0.127. The van der Waals surface area contributed by atoms with E-state index in [1.807, 2.05) is 0 Å². The number of amides is 1. The van der Waals surface area contributed by atoms with Crippen LogP contribution in [0, 0.1) is 0 Å². The molecule has 1 amide bonds. The predicted octanol–water partition coefficient (Wildman–Crippen LogP) is -0.161. The zero-order valence-electron chi connectivity index (χ0n) is 8.08. The molecule has 0 saturated heterocycles. The second kappa shape index (κ2) is 4.56. The third kappa shape index (κ3) is 2.04. The van der Waals surface area contributed by atoms with Crippen LogP contribution in [0.3, 0.4) is 0 Å². The Bertz CT molecular complexity index is 151. The molecule has 0 bridgehead atoms. The maximum absolute atomic E-state index is 11.0. The first kappa shape index (κ1) is 11.6. The van der Waals surface area contributed by atoms with E-state index in [1.165, 1.54) is 32.8 Å². The Morgan fingerprint density at radius 1 is 1.17 bits per heavy atom. The van der Waals surface area contributed by atoms with Crippen molar-refractivity contribution in [2.45, 2.75) is 6.92 Å². The van der Waals surface area contributed by atoms with Crippen molar-refractivity contribution in [1.29, 1.82) is 0 Å². The molecule has 0 saturated carbocycles. The van der Waals surface area contributed by atoms with Crippen LogP contribution in [-0.2, 0) is 18.1 Å². The molecule has 0 aliphatic carbocycles. The average molecular weight is 193 g/mol. The fourth-order valence-electron chi connectivity index (χ4n) is 0.854. The molecular formula is C6H15NO4Si. The van der Waals surface area contributed by atoms with Crippen LogP contribution in [0.15, 0.2) is 0 Å². The van der Waals surface area contributed by atoms with E-state index in [2.05, 4.69) is 0 Å². The summed E-state index contributed by atoms with van der Waals surface area (Å²) in [6.07, 6.45) is 0. The van der Waals surface area contributed by atoms with Crippen LogP contribution in [0.4, 0.5) is 0 Å². The molecular weight excluding hydrogens is 178 g/mol. The molecule has 72 valence electrons. The van der Waals surface area contributed by atoms with Crippen molar-refractivity contribution in [1.82, 2.24) is 4.57 Å². The number of carbonyl (C=O) groups excluding carboxylic acids is 1. The van der Waals surface area contributed by atoms with Gasteiger partial charge in [0, 0.05) is 35.3 Å². The van der Waals surface area contributed by atoms with Gasteiger partial charge in [-0.1, -0.05) is 0 Å². The molecule has 0 fully saturated rings. The van der Waals surface area contributed by atoms with Gasteiger partial charge in [-0.15, -0.1) is 0 Å². The summed E-state index contributed by atoms with van der Waals surface area (Å²) in [7, 11) is 3.06. The number of hydrogen-bond acceptors (Lipinski definition) is 4. The summed E-state index contributed by atoms with van der Waals surface area (Å²) >= 11 is 0. The highest BCUT2D eigenvalue weighted by Gasteiger charge is 2.46. The maximum atomic E-state index is 11.0. The van der Waals surface area contributed by atoms with Gasteiger partial charge in [0.1, 0.15) is 0 Å². The smallest absolute Gasteiger partial charge is 0.360 e. The highest BCUT2D eigenvalue weighted by Crippen LogP contribution is 2.10. The van der Waals surface area contributed by atoms with Crippen LogP contribution in [0.1, 0.15) is 6.92 Å². The van der Waals surface area contributed by atoms with Gasteiger partial charge >= 0.3 is 8.97 Å². The zero-order chi connectivity index (χ0) is 9.78. The molecule has 0 atom stereocenters. The number of rotatable bonds is 4. The number of hydrogen-bond donors (Lipinski definition) is 0. The highest BCUT2D eigenvalue weighted by atomic mass is 28.4. The van der Waals surface area contributed by atoms with Gasteiger partial charge in [0.2, 0.25) is 5.91 Å². The Hall–Kier alpha value is -0.433. The molecule has 0 aromatic heterocycles. The minimum atomic E-state index is -2.90. The Morgan fingerprint density at radius 3 is 1.58 bits per heavy atom. The minimum absolute atomic E-state index is 0.146. The number of nitrogens with zero attached hydrogens (tertiary/aromatic N) is 1. The van der Waals surface area contributed by atoms with Gasteiger partial charge in [-0.25, -0.2) is 0 Å². The van der Waals surface area contributed by atoms with Crippen LogP contribution in [0.25, 0.3) is 0 Å². The molecule has 0 aromatic rings. The van der Waals surface area contributed by atoms with Crippen LogP contribution in [-0.4, -0.2) is 47.8 Å². The Labute approximate surface area is 73.7 Å². The van der Waals surface area contributed by atoms with E-state index in [-0.39, 0.29) is 5.91 Å². The normalized spacial score (nSPS) is 11.4. The third-order valence-corrected chi connectivity index (χ3v) is 4.34. The molecule has 0 spiro atoms. The van der Waals surface area contributed by atoms with Gasteiger partial charge in [-0.05, 0) is 0 Å². The van der Waals surface area contributed by atoms with Crippen molar-refractivity contribution in [3.8, 4) is 0 Å². The summed E-state index contributed by atoms with van der Waals surface area (Å²) in [5.74, 6) is -0.146. The molecule has 0 N–H and O–H groups in total. The largest absolute Gasteiger partial charge is 0.634 e.